The van der Waals surface area contributed by atoms with E-state index in [4.69, 9.17) is 4.74 Å². The minimum atomic E-state index is -0.439. The second-order valence-electron chi connectivity index (χ2n) is 4.28. The van der Waals surface area contributed by atoms with Gasteiger partial charge in [0.05, 0.1) is 11.5 Å². The summed E-state index contributed by atoms with van der Waals surface area (Å²) in [5, 5.41) is 10.5. The van der Waals surface area contributed by atoms with E-state index in [1.54, 1.807) is 32.1 Å². The van der Waals surface area contributed by atoms with Gasteiger partial charge in [0, 0.05) is 17.7 Å². The Bertz CT molecular complexity index is 556. The molecule has 0 atom stereocenters. The lowest BCUT2D eigenvalue weighted by atomic mass is 10.1. The molecular weight excluding hydrogens is 258 g/mol. The van der Waals surface area contributed by atoms with E-state index in [1.165, 1.54) is 12.1 Å². The minimum Gasteiger partial charge on any atom is -0.463 e. The highest BCUT2D eigenvalue weighted by molar-refractivity contribution is 5.88. The zero-order valence-electron chi connectivity index (χ0n) is 11.8. The molecule has 0 aliphatic heterocycles. The van der Waals surface area contributed by atoms with Gasteiger partial charge in [-0.15, -0.1) is 0 Å². The third-order valence-electron chi connectivity index (χ3n) is 2.54. The Hall–Kier alpha value is -2.43. The summed E-state index contributed by atoms with van der Waals surface area (Å²) < 4.78 is 4.89. The topological polar surface area (TPSA) is 69.4 Å². The van der Waals surface area contributed by atoms with Crippen molar-refractivity contribution in [1.29, 1.82) is 0 Å². The van der Waals surface area contributed by atoms with Crippen LogP contribution in [-0.4, -0.2) is 17.5 Å². The lowest BCUT2D eigenvalue weighted by molar-refractivity contribution is -0.384. The number of carbonyl (C=O) groups is 1. The molecule has 0 amide bonds. The summed E-state index contributed by atoms with van der Waals surface area (Å²) in [5.74, 6) is -0.344. The van der Waals surface area contributed by atoms with Gasteiger partial charge in [-0.25, -0.2) is 4.79 Å². The summed E-state index contributed by atoms with van der Waals surface area (Å²) in [4.78, 5) is 21.6. The molecular formula is C15H17NO4. The van der Waals surface area contributed by atoms with E-state index < -0.39 is 4.92 Å². The van der Waals surface area contributed by atoms with Crippen molar-refractivity contribution in [2.75, 3.05) is 6.61 Å². The van der Waals surface area contributed by atoms with Gasteiger partial charge in [-0.1, -0.05) is 11.6 Å². The number of hydrogen-bond donors (Lipinski definition) is 0. The van der Waals surface area contributed by atoms with Crippen LogP contribution in [-0.2, 0) is 9.53 Å². The van der Waals surface area contributed by atoms with Crippen LogP contribution in [0.15, 0.2) is 41.5 Å². The van der Waals surface area contributed by atoms with Crippen LogP contribution in [0.3, 0.4) is 0 Å². The van der Waals surface area contributed by atoms with Crippen molar-refractivity contribution in [3.8, 4) is 0 Å². The van der Waals surface area contributed by atoms with Crippen LogP contribution in [0.2, 0.25) is 0 Å². The molecule has 1 aromatic carbocycles. The molecule has 5 heteroatoms. The number of benzene rings is 1. The van der Waals surface area contributed by atoms with Gasteiger partial charge in [0.1, 0.15) is 0 Å². The Labute approximate surface area is 117 Å². The summed E-state index contributed by atoms with van der Waals surface area (Å²) in [5.41, 5.74) is 2.27. The monoisotopic (exact) mass is 275 g/mol. The molecule has 0 radical (unpaired) electrons. The first kappa shape index (κ1) is 15.6. The van der Waals surface area contributed by atoms with Crippen molar-refractivity contribution in [3.63, 3.8) is 0 Å². The van der Waals surface area contributed by atoms with Crippen molar-refractivity contribution < 1.29 is 14.5 Å². The van der Waals surface area contributed by atoms with E-state index in [2.05, 4.69) is 0 Å². The molecule has 0 aliphatic carbocycles. The standard InChI is InChI=1S/C15H17NO4/c1-4-20-15(17)12(3)9-11(2)10-13-5-7-14(8-6-13)16(18)19/h5-10H,4H2,1-3H3/b11-10+,12-9+. The van der Waals surface area contributed by atoms with Crippen LogP contribution in [0.1, 0.15) is 26.3 Å². The SMILES string of the molecule is CCOC(=O)/C(C)=C/C(C)=C/c1ccc([N+](=O)[O-])cc1. The number of allylic oxidation sites excluding steroid dienone is 2. The quantitative estimate of drug-likeness (QED) is 0.271. The van der Waals surface area contributed by atoms with E-state index >= 15 is 0 Å². The van der Waals surface area contributed by atoms with Crippen molar-refractivity contribution in [2.24, 2.45) is 0 Å². The highest BCUT2D eigenvalue weighted by atomic mass is 16.6. The summed E-state index contributed by atoms with van der Waals surface area (Å²) in [6.07, 6.45) is 3.56. The Balaban J connectivity index is 2.85. The van der Waals surface area contributed by atoms with Crippen LogP contribution in [0, 0.1) is 10.1 Å². The third kappa shape index (κ3) is 4.68. The number of carbonyl (C=O) groups excluding carboxylic acids is 1. The number of ether oxygens (including phenoxy) is 1. The van der Waals surface area contributed by atoms with Gasteiger partial charge in [0.15, 0.2) is 0 Å². The number of nitro benzene ring substituents is 1. The van der Waals surface area contributed by atoms with E-state index in [0.29, 0.717) is 12.2 Å². The number of esters is 1. The number of nitro groups is 1. The predicted molar refractivity (Wildman–Crippen MR) is 77.1 cm³/mol. The minimum absolute atomic E-state index is 0.0537. The first-order valence-corrected chi connectivity index (χ1v) is 6.22. The molecule has 5 nitrogen and oxygen atoms in total. The van der Waals surface area contributed by atoms with Crippen LogP contribution in [0.4, 0.5) is 5.69 Å². The van der Waals surface area contributed by atoms with Gasteiger partial charge >= 0.3 is 5.97 Å². The highest BCUT2D eigenvalue weighted by Crippen LogP contribution is 2.15. The third-order valence-corrected chi connectivity index (χ3v) is 2.54. The van der Waals surface area contributed by atoms with E-state index in [9.17, 15) is 14.9 Å². The van der Waals surface area contributed by atoms with Gasteiger partial charge < -0.3 is 4.74 Å². The fraction of sp³-hybridized carbons (Fsp3) is 0.267. The fourth-order valence-electron chi connectivity index (χ4n) is 1.64. The lowest BCUT2D eigenvalue weighted by Gasteiger charge is -2.02. The van der Waals surface area contributed by atoms with Gasteiger partial charge in [-0.3, -0.25) is 10.1 Å². The van der Waals surface area contributed by atoms with Crippen molar-refractivity contribution >= 4 is 17.7 Å². The van der Waals surface area contributed by atoms with E-state index in [0.717, 1.165) is 11.1 Å². The van der Waals surface area contributed by atoms with Crippen molar-refractivity contribution in [2.45, 2.75) is 20.8 Å². The molecule has 0 aliphatic rings. The first-order valence-electron chi connectivity index (χ1n) is 6.22. The van der Waals surface area contributed by atoms with Gasteiger partial charge in [-0.05, 0) is 44.5 Å². The lowest BCUT2D eigenvalue weighted by Crippen LogP contribution is -2.05. The second kappa shape index (κ2) is 7.23. The Morgan fingerprint density at radius 3 is 2.40 bits per heavy atom. The number of nitrogens with zero attached hydrogens (tertiary/aromatic N) is 1. The molecule has 0 spiro atoms. The molecule has 0 unspecified atom stereocenters. The maximum atomic E-state index is 11.5. The van der Waals surface area contributed by atoms with Gasteiger partial charge in [0.25, 0.3) is 5.69 Å². The van der Waals surface area contributed by atoms with Crippen LogP contribution in [0.5, 0.6) is 0 Å². The van der Waals surface area contributed by atoms with E-state index in [1.807, 2.05) is 13.0 Å². The fourth-order valence-corrected chi connectivity index (χ4v) is 1.64. The number of rotatable bonds is 5. The molecule has 0 heterocycles. The van der Waals surface area contributed by atoms with Gasteiger partial charge in [0.2, 0.25) is 0 Å². The largest absolute Gasteiger partial charge is 0.463 e. The summed E-state index contributed by atoms with van der Waals surface area (Å²) in [6, 6.07) is 6.21. The molecule has 0 aromatic heterocycles. The molecule has 0 saturated carbocycles. The Morgan fingerprint density at radius 1 is 1.30 bits per heavy atom. The molecule has 0 saturated heterocycles. The smallest absolute Gasteiger partial charge is 0.333 e. The molecule has 1 rings (SSSR count). The molecule has 0 fully saturated rings. The molecule has 0 N–H and O–H groups in total. The van der Waals surface area contributed by atoms with Gasteiger partial charge in [-0.2, -0.15) is 0 Å². The zero-order valence-corrected chi connectivity index (χ0v) is 11.8. The molecule has 106 valence electrons. The summed E-state index contributed by atoms with van der Waals surface area (Å²) in [7, 11) is 0. The molecule has 1 aromatic rings. The highest BCUT2D eigenvalue weighted by Gasteiger charge is 2.05. The number of hydrogen-bond acceptors (Lipinski definition) is 4. The maximum Gasteiger partial charge on any atom is 0.333 e. The predicted octanol–water partition coefficient (Wildman–Crippen LogP) is 3.51. The molecule has 20 heavy (non-hydrogen) atoms. The van der Waals surface area contributed by atoms with Crippen LogP contribution >= 0.6 is 0 Å². The Kier molecular flexibility index (Phi) is 5.65. The summed E-state index contributed by atoms with van der Waals surface area (Å²) >= 11 is 0. The first-order chi connectivity index (χ1) is 9.43. The number of non-ortho nitro benzene ring substituents is 1. The van der Waals surface area contributed by atoms with Crippen LogP contribution < -0.4 is 0 Å². The molecule has 0 bridgehead atoms. The average Bonchev–Trinajstić information content (AvgIpc) is 2.39. The van der Waals surface area contributed by atoms with Crippen molar-refractivity contribution in [3.05, 3.63) is 57.2 Å². The van der Waals surface area contributed by atoms with Crippen LogP contribution in [0.25, 0.3) is 6.08 Å². The zero-order chi connectivity index (χ0) is 15.1. The van der Waals surface area contributed by atoms with E-state index in [-0.39, 0.29) is 11.7 Å². The van der Waals surface area contributed by atoms with Crippen molar-refractivity contribution in [1.82, 2.24) is 0 Å². The Morgan fingerprint density at radius 2 is 1.90 bits per heavy atom. The second-order valence-corrected chi connectivity index (χ2v) is 4.28. The average molecular weight is 275 g/mol. The maximum absolute atomic E-state index is 11.5. The normalized spacial score (nSPS) is 12.2. The summed E-state index contributed by atoms with van der Waals surface area (Å²) in [6.45, 7) is 5.63.